The third kappa shape index (κ3) is 2.15. The molecule has 3 rings (SSSR count). The Kier molecular flexibility index (Phi) is 3.83. The Morgan fingerprint density at radius 1 is 1.08 bits per heavy atom. The fraction of sp³-hybridized carbons (Fsp3) is 0.700. The van der Waals surface area contributed by atoms with E-state index in [-0.39, 0.29) is 28.6 Å². The Balaban J connectivity index is 2.27. The number of fused-ring (bicyclic) bond motifs is 2. The van der Waals surface area contributed by atoms with E-state index in [4.69, 9.17) is 0 Å². The van der Waals surface area contributed by atoms with Gasteiger partial charge in [-0.15, -0.1) is 0 Å². The molecule has 3 aliphatic carbocycles. The zero-order chi connectivity index (χ0) is 18.0. The molecule has 2 N–H and O–H groups in total. The van der Waals surface area contributed by atoms with E-state index >= 15 is 0 Å². The summed E-state index contributed by atoms with van der Waals surface area (Å²) in [6.45, 7) is 9.96. The van der Waals surface area contributed by atoms with Crippen molar-refractivity contribution in [1.29, 1.82) is 0 Å². The number of ketones is 2. The Bertz CT molecular complexity index is 680. The molecule has 24 heavy (non-hydrogen) atoms. The molecule has 3 atom stereocenters. The molecule has 0 aromatic carbocycles. The van der Waals surface area contributed by atoms with Gasteiger partial charge in [0.15, 0.2) is 0 Å². The van der Waals surface area contributed by atoms with Gasteiger partial charge in [0.1, 0.15) is 5.76 Å². The van der Waals surface area contributed by atoms with Gasteiger partial charge in [-0.3, -0.25) is 9.59 Å². The van der Waals surface area contributed by atoms with Crippen LogP contribution in [0.25, 0.3) is 0 Å². The monoisotopic (exact) mass is 332 g/mol. The molecule has 0 radical (unpaired) electrons. The normalized spacial score (nSPS) is 36.1. The predicted molar refractivity (Wildman–Crippen MR) is 91.4 cm³/mol. The van der Waals surface area contributed by atoms with Crippen LogP contribution in [0.5, 0.6) is 0 Å². The van der Waals surface area contributed by atoms with Gasteiger partial charge < -0.3 is 10.2 Å². The van der Waals surface area contributed by atoms with Gasteiger partial charge in [-0.1, -0.05) is 41.0 Å². The number of aliphatic hydroxyl groups is 2. The molecule has 0 amide bonds. The van der Waals surface area contributed by atoms with Crippen LogP contribution in [0.1, 0.15) is 60.3 Å². The number of hydrogen-bond acceptors (Lipinski definition) is 4. The van der Waals surface area contributed by atoms with E-state index < -0.39 is 23.1 Å². The lowest BCUT2D eigenvalue weighted by Crippen LogP contribution is -2.52. The third-order valence-electron chi connectivity index (χ3n) is 6.63. The molecule has 1 unspecified atom stereocenters. The summed E-state index contributed by atoms with van der Waals surface area (Å²) in [6, 6.07) is 0. The van der Waals surface area contributed by atoms with E-state index in [0.717, 1.165) is 19.3 Å². The summed E-state index contributed by atoms with van der Waals surface area (Å²) in [5, 5.41) is 21.5. The van der Waals surface area contributed by atoms with Crippen LogP contribution in [-0.2, 0) is 9.59 Å². The summed E-state index contributed by atoms with van der Waals surface area (Å²) < 4.78 is 0. The Morgan fingerprint density at radius 3 is 2.29 bits per heavy atom. The zero-order valence-electron chi connectivity index (χ0n) is 15.3. The molecule has 1 fully saturated rings. The summed E-state index contributed by atoms with van der Waals surface area (Å²) in [7, 11) is 0. The lowest BCUT2D eigenvalue weighted by atomic mass is 9.48. The lowest BCUT2D eigenvalue weighted by Gasteiger charge is -2.56. The second-order valence-electron chi connectivity index (χ2n) is 8.93. The highest BCUT2D eigenvalue weighted by atomic mass is 16.3. The Hall–Kier alpha value is -1.42. The third-order valence-corrected chi connectivity index (χ3v) is 6.63. The van der Waals surface area contributed by atoms with Crippen LogP contribution < -0.4 is 0 Å². The fourth-order valence-electron chi connectivity index (χ4n) is 5.50. The van der Waals surface area contributed by atoms with E-state index in [1.807, 2.05) is 6.92 Å². The maximum absolute atomic E-state index is 13.0. The van der Waals surface area contributed by atoms with Crippen molar-refractivity contribution >= 4 is 11.6 Å². The first-order valence-corrected chi connectivity index (χ1v) is 8.97. The van der Waals surface area contributed by atoms with Gasteiger partial charge in [-0.05, 0) is 36.5 Å². The molecular weight excluding hydrogens is 304 g/mol. The van der Waals surface area contributed by atoms with E-state index in [9.17, 15) is 19.8 Å². The van der Waals surface area contributed by atoms with Crippen molar-refractivity contribution in [3.63, 3.8) is 0 Å². The number of hydrogen-bond donors (Lipinski definition) is 2. The highest BCUT2D eigenvalue weighted by Crippen LogP contribution is 2.61. The van der Waals surface area contributed by atoms with Gasteiger partial charge in [0, 0.05) is 22.1 Å². The van der Waals surface area contributed by atoms with E-state index in [1.165, 1.54) is 0 Å². The largest absolute Gasteiger partial charge is 0.507 e. The maximum atomic E-state index is 13.0. The van der Waals surface area contributed by atoms with Gasteiger partial charge in [-0.2, -0.15) is 0 Å². The van der Waals surface area contributed by atoms with Crippen molar-refractivity contribution in [3.8, 4) is 0 Å². The molecule has 0 saturated heterocycles. The second kappa shape index (κ2) is 5.29. The van der Waals surface area contributed by atoms with Crippen LogP contribution in [0, 0.1) is 22.7 Å². The Morgan fingerprint density at radius 2 is 1.71 bits per heavy atom. The smallest absolute Gasteiger partial charge is 0.233 e. The molecule has 0 aliphatic heterocycles. The number of rotatable bonds is 1. The minimum absolute atomic E-state index is 0.00645. The van der Waals surface area contributed by atoms with Crippen molar-refractivity contribution in [2.45, 2.75) is 66.4 Å². The van der Waals surface area contributed by atoms with E-state index in [2.05, 4.69) is 13.8 Å². The highest BCUT2D eigenvalue weighted by molar-refractivity contribution is 6.50. The number of carbonyl (C=O) groups excluding carboxylic acids is 2. The highest BCUT2D eigenvalue weighted by Gasteiger charge is 2.57. The van der Waals surface area contributed by atoms with Crippen molar-refractivity contribution < 1.29 is 19.8 Å². The number of carbonyl (C=O) groups is 2. The minimum Gasteiger partial charge on any atom is -0.507 e. The summed E-state index contributed by atoms with van der Waals surface area (Å²) in [4.78, 5) is 25.6. The van der Waals surface area contributed by atoms with Crippen molar-refractivity contribution in [3.05, 3.63) is 22.5 Å². The molecule has 4 heteroatoms. The summed E-state index contributed by atoms with van der Waals surface area (Å²) in [5.41, 5.74) is 0.383. The zero-order valence-corrected chi connectivity index (χ0v) is 15.3. The first kappa shape index (κ1) is 17.4. The van der Waals surface area contributed by atoms with Crippen LogP contribution in [0.4, 0.5) is 0 Å². The molecule has 0 aromatic rings. The molecular formula is C20H28O4. The summed E-state index contributed by atoms with van der Waals surface area (Å²) in [5.74, 6) is -1.40. The van der Waals surface area contributed by atoms with Crippen LogP contribution in [0.2, 0.25) is 0 Å². The average Bonchev–Trinajstić information content (AvgIpc) is 2.45. The molecule has 4 nitrogen and oxygen atoms in total. The van der Waals surface area contributed by atoms with Crippen LogP contribution >= 0.6 is 0 Å². The van der Waals surface area contributed by atoms with E-state index in [0.29, 0.717) is 17.6 Å². The van der Waals surface area contributed by atoms with Gasteiger partial charge in [0.25, 0.3) is 0 Å². The fourth-order valence-corrected chi connectivity index (χ4v) is 5.50. The van der Waals surface area contributed by atoms with Gasteiger partial charge in [0.05, 0.1) is 6.10 Å². The van der Waals surface area contributed by atoms with Crippen LogP contribution in [0.15, 0.2) is 22.5 Å². The van der Waals surface area contributed by atoms with Gasteiger partial charge in [-0.25, -0.2) is 0 Å². The SMILES string of the molecule is CC(C)C1=C(O)C2=C(C(=O)C1=O)[C@@]1(C)CCCC(C)(C)C1C[C@H]2O. The number of Topliss-reactive ketones (excluding diaryl/α,β-unsaturated/α-hetero) is 2. The molecule has 1 saturated carbocycles. The van der Waals surface area contributed by atoms with Crippen molar-refractivity contribution in [1.82, 2.24) is 0 Å². The lowest BCUT2D eigenvalue weighted by molar-refractivity contribution is -0.135. The molecule has 0 spiro atoms. The second-order valence-corrected chi connectivity index (χ2v) is 8.93. The standard InChI is InChI=1S/C20H28O4/c1-10(2)13-16(22)14-11(21)9-12-19(3,4)7-6-8-20(12,5)15(14)18(24)17(13)23/h10-12,21-22H,6-9H2,1-5H3/t11-,12?,20+/m1/s1. The van der Waals surface area contributed by atoms with Crippen LogP contribution in [0.3, 0.4) is 0 Å². The molecule has 3 aliphatic rings. The quantitative estimate of drug-likeness (QED) is 0.569. The summed E-state index contributed by atoms with van der Waals surface area (Å²) >= 11 is 0. The first-order valence-electron chi connectivity index (χ1n) is 8.97. The molecule has 0 bridgehead atoms. The number of aliphatic hydroxyl groups excluding tert-OH is 2. The van der Waals surface area contributed by atoms with Gasteiger partial charge in [0.2, 0.25) is 11.6 Å². The maximum Gasteiger partial charge on any atom is 0.233 e. The minimum atomic E-state index is -0.888. The topological polar surface area (TPSA) is 74.6 Å². The molecule has 132 valence electrons. The molecule has 0 heterocycles. The predicted octanol–water partition coefficient (Wildman–Crippen LogP) is 3.50. The van der Waals surface area contributed by atoms with Crippen molar-refractivity contribution in [2.75, 3.05) is 0 Å². The van der Waals surface area contributed by atoms with Crippen molar-refractivity contribution in [2.24, 2.45) is 22.7 Å². The van der Waals surface area contributed by atoms with Crippen LogP contribution in [-0.4, -0.2) is 27.9 Å². The van der Waals surface area contributed by atoms with E-state index in [1.54, 1.807) is 13.8 Å². The molecule has 0 aromatic heterocycles. The number of allylic oxidation sites excluding steroid dienone is 2. The first-order chi connectivity index (χ1) is 11.0. The Labute approximate surface area is 143 Å². The average molecular weight is 332 g/mol. The van der Waals surface area contributed by atoms with Gasteiger partial charge >= 0.3 is 0 Å². The summed E-state index contributed by atoms with van der Waals surface area (Å²) in [6.07, 6.45) is 2.48.